The van der Waals surface area contributed by atoms with Crippen molar-refractivity contribution >= 4 is 11.8 Å². The van der Waals surface area contributed by atoms with Gasteiger partial charge in [-0.25, -0.2) is 0 Å². The lowest BCUT2D eigenvalue weighted by atomic mass is 10.1. The van der Waals surface area contributed by atoms with E-state index in [0.717, 1.165) is 19.3 Å². The first-order valence-corrected chi connectivity index (χ1v) is 6.16. The standard InChI is InChI=1S/C13H20N2O2/c1-4-6-7-8-9-15-10(3)12(16)14-11(5-2)13(15)17/h1,10-11H,5-9H2,2-3H3,(H,14,16). The highest BCUT2D eigenvalue weighted by Crippen LogP contribution is 2.13. The van der Waals surface area contributed by atoms with Gasteiger partial charge in [-0.2, -0.15) is 0 Å². The van der Waals surface area contributed by atoms with Crippen LogP contribution in [0.5, 0.6) is 0 Å². The lowest BCUT2D eigenvalue weighted by Crippen LogP contribution is -2.62. The van der Waals surface area contributed by atoms with E-state index in [1.165, 1.54) is 0 Å². The lowest BCUT2D eigenvalue weighted by molar-refractivity contribution is -0.148. The Labute approximate surface area is 103 Å². The smallest absolute Gasteiger partial charge is 0.245 e. The number of unbranched alkanes of at least 4 members (excludes halogenated alkanes) is 2. The summed E-state index contributed by atoms with van der Waals surface area (Å²) in [6.45, 7) is 4.28. The average Bonchev–Trinajstić information content (AvgIpc) is 2.33. The van der Waals surface area contributed by atoms with Crippen LogP contribution in [0.4, 0.5) is 0 Å². The molecule has 4 heteroatoms. The number of nitrogens with zero attached hydrogens (tertiary/aromatic N) is 1. The van der Waals surface area contributed by atoms with E-state index < -0.39 is 0 Å². The van der Waals surface area contributed by atoms with Crippen LogP contribution in [0.3, 0.4) is 0 Å². The van der Waals surface area contributed by atoms with E-state index in [4.69, 9.17) is 6.42 Å². The Morgan fingerprint density at radius 2 is 2.12 bits per heavy atom. The van der Waals surface area contributed by atoms with Crippen molar-refractivity contribution in [2.24, 2.45) is 0 Å². The molecule has 4 nitrogen and oxygen atoms in total. The van der Waals surface area contributed by atoms with Crippen LogP contribution in [0, 0.1) is 12.3 Å². The third-order valence-electron chi connectivity index (χ3n) is 3.12. The van der Waals surface area contributed by atoms with Crippen molar-refractivity contribution in [3.63, 3.8) is 0 Å². The highest BCUT2D eigenvalue weighted by molar-refractivity contribution is 5.96. The van der Waals surface area contributed by atoms with Crippen LogP contribution in [0.1, 0.15) is 39.5 Å². The lowest BCUT2D eigenvalue weighted by Gasteiger charge is -2.37. The normalized spacial score (nSPS) is 24.4. The molecular weight excluding hydrogens is 216 g/mol. The summed E-state index contributed by atoms with van der Waals surface area (Å²) >= 11 is 0. The van der Waals surface area contributed by atoms with Gasteiger partial charge in [0.1, 0.15) is 12.1 Å². The minimum absolute atomic E-state index is 0.0281. The minimum atomic E-state index is -0.365. The van der Waals surface area contributed by atoms with Gasteiger partial charge in [0.2, 0.25) is 11.8 Å². The first kappa shape index (κ1) is 13.6. The molecule has 0 saturated carbocycles. The van der Waals surface area contributed by atoms with Crippen molar-refractivity contribution < 1.29 is 9.59 Å². The van der Waals surface area contributed by atoms with Gasteiger partial charge in [-0.1, -0.05) is 6.92 Å². The van der Waals surface area contributed by atoms with E-state index in [1.807, 2.05) is 6.92 Å². The number of piperazine rings is 1. The van der Waals surface area contributed by atoms with Crippen molar-refractivity contribution in [1.29, 1.82) is 0 Å². The summed E-state index contributed by atoms with van der Waals surface area (Å²) in [5, 5.41) is 2.73. The van der Waals surface area contributed by atoms with Crippen molar-refractivity contribution in [1.82, 2.24) is 10.2 Å². The van der Waals surface area contributed by atoms with Crippen molar-refractivity contribution in [3.8, 4) is 12.3 Å². The van der Waals surface area contributed by atoms with Gasteiger partial charge < -0.3 is 10.2 Å². The molecule has 1 fully saturated rings. The zero-order chi connectivity index (χ0) is 12.8. The number of terminal acetylenes is 1. The second-order valence-electron chi connectivity index (χ2n) is 4.34. The molecule has 1 saturated heterocycles. The van der Waals surface area contributed by atoms with E-state index in [2.05, 4.69) is 11.2 Å². The van der Waals surface area contributed by atoms with Crippen LogP contribution in [-0.4, -0.2) is 35.3 Å². The quantitative estimate of drug-likeness (QED) is 0.570. The minimum Gasteiger partial charge on any atom is -0.343 e. The molecule has 0 radical (unpaired) electrons. The SMILES string of the molecule is C#CCCCCN1C(=O)C(CC)NC(=O)C1C. The fourth-order valence-corrected chi connectivity index (χ4v) is 1.98. The molecule has 2 unspecified atom stereocenters. The van der Waals surface area contributed by atoms with E-state index in [-0.39, 0.29) is 23.9 Å². The van der Waals surface area contributed by atoms with Crippen LogP contribution in [0.15, 0.2) is 0 Å². The van der Waals surface area contributed by atoms with E-state index in [0.29, 0.717) is 13.0 Å². The monoisotopic (exact) mass is 236 g/mol. The Morgan fingerprint density at radius 3 is 2.71 bits per heavy atom. The van der Waals surface area contributed by atoms with Crippen LogP contribution in [-0.2, 0) is 9.59 Å². The molecule has 1 aliphatic rings. The van der Waals surface area contributed by atoms with Gasteiger partial charge in [0, 0.05) is 13.0 Å². The van der Waals surface area contributed by atoms with Gasteiger partial charge in [0.25, 0.3) is 0 Å². The Balaban J connectivity index is 2.57. The Hall–Kier alpha value is -1.50. The second kappa shape index (κ2) is 6.29. The molecule has 1 rings (SSSR count). The van der Waals surface area contributed by atoms with Crippen molar-refractivity contribution in [2.45, 2.75) is 51.6 Å². The predicted octanol–water partition coefficient (Wildman–Crippen LogP) is 0.915. The Bertz CT molecular complexity index is 333. The summed E-state index contributed by atoms with van der Waals surface area (Å²) in [6, 6.07) is -0.720. The van der Waals surface area contributed by atoms with Gasteiger partial charge in [0.05, 0.1) is 0 Å². The van der Waals surface area contributed by atoms with Gasteiger partial charge in [-0.05, 0) is 26.2 Å². The Kier molecular flexibility index (Phi) is 5.02. The maximum absolute atomic E-state index is 12.0. The number of amides is 2. The van der Waals surface area contributed by atoms with Crippen molar-refractivity contribution in [3.05, 3.63) is 0 Å². The molecule has 0 aromatic carbocycles. The molecule has 0 spiro atoms. The zero-order valence-corrected chi connectivity index (χ0v) is 10.5. The summed E-state index contributed by atoms with van der Waals surface area (Å²) in [7, 11) is 0. The third kappa shape index (κ3) is 3.23. The number of rotatable bonds is 5. The molecule has 1 aliphatic heterocycles. The first-order chi connectivity index (χ1) is 8.11. The van der Waals surface area contributed by atoms with Crippen LogP contribution >= 0.6 is 0 Å². The molecule has 2 atom stereocenters. The van der Waals surface area contributed by atoms with E-state index in [1.54, 1.807) is 11.8 Å². The number of carbonyl (C=O) groups excluding carboxylic acids is 2. The molecule has 0 aliphatic carbocycles. The molecule has 17 heavy (non-hydrogen) atoms. The maximum Gasteiger partial charge on any atom is 0.245 e. The van der Waals surface area contributed by atoms with Gasteiger partial charge in [-0.15, -0.1) is 12.3 Å². The topological polar surface area (TPSA) is 49.4 Å². The van der Waals surface area contributed by atoms with E-state index >= 15 is 0 Å². The highest BCUT2D eigenvalue weighted by Gasteiger charge is 2.36. The molecule has 94 valence electrons. The second-order valence-corrected chi connectivity index (χ2v) is 4.34. The molecule has 0 bridgehead atoms. The predicted molar refractivity (Wildman–Crippen MR) is 66.1 cm³/mol. The fourth-order valence-electron chi connectivity index (χ4n) is 1.98. The van der Waals surface area contributed by atoms with E-state index in [9.17, 15) is 9.59 Å². The summed E-state index contributed by atoms with van der Waals surface area (Å²) in [6.07, 6.45) is 8.28. The van der Waals surface area contributed by atoms with Gasteiger partial charge in [0.15, 0.2) is 0 Å². The number of carbonyl (C=O) groups is 2. The summed E-state index contributed by atoms with van der Waals surface area (Å²) in [4.78, 5) is 25.4. The Morgan fingerprint density at radius 1 is 1.41 bits per heavy atom. The van der Waals surface area contributed by atoms with Crippen LogP contribution in [0.2, 0.25) is 0 Å². The van der Waals surface area contributed by atoms with Crippen LogP contribution < -0.4 is 5.32 Å². The molecule has 0 aromatic heterocycles. The molecule has 1 heterocycles. The van der Waals surface area contributed by atoms with Gasteiger partial charge in [-0.3, -0.25) is 9.59 Å². The fraction of sp³-hybridized carbons (Fsp3) is 0.692. The summed E-state index contributed by atoms with van der Waals surface area (Å²) in [5.41, 5.74) is 0. The van der Waals surface area contributed by atoms with Gasteiger partial charge >= 0.3 is 0 Å². The first-order valence-electron chi connectivity index (χ1n) is 6.16. The van der Waals surface area contributed by atoms with Crippen molar-refractivity contribution in [2.75, 3.05) is 6.54 Å². The zero-order valence-electron chi connectivity index (χ0n) is 10.5. The van der Waals surface area contributed by atoms with Crippen LogP contribution in [0.25, 0.3) is 0 Å². The summed E-state index contributed by atoms with van der Waals surface area (Å²) in [5.74, 6) is 2.54. The number of nitrogens with one attached hydrogen (secondary N) is 1. The average molecular weight is 236 g/mol. The summed E-state index contributed by atoms with van der Waals surface area (Å²) < 4.78 is 0. The molecule has 0 aromatic rings. The molecular formula is C13H20N2O2. The molecule has 2 amide bonds. The largest absolute Gasteiger partial charge is 0.343 e. The highest BCUT2D eigenvalue weighted by atomic mass is 16.2. The number of hydrogen-bond donors (Lipinski definition) is 1. The number of hydrogen-bond acceptors (Lipinski definition) is 2. The maximum atomic E-state index is 12.0. The third-order valence-corrected chi connectivity index (χ3v) is 3.12. The molecule has 1 N–H and O–H groups in total.